The molecule has 0 aliphatic carbocycles. The third-order valence-corrected chi connectivity index (χ3v) is 4.32. The lowest BCUT2D eigenvalue weighted by molar-refractivity contribution is -0.0500. The monoisotopic (exact) mass is 403 g/mol. The average molecular weight is 405 g/mol. The molecule has 0 spiro atoms. The molecular formula is C11H6BrClF3NO3S. The van der Waals surface area contributed by atoms with Crippen molar-refractivity contribution >= 4 is 48.6 Å². The lowest BCUT2D eigenvalue weighted by Crippen LogP contribution is -2.28. The van der Waals surface area contributed by atoms with Gasteiger partial charge in [-0.1, -0.05) is 11.6 Å². The van der Waals surface area contributed by atoms with Gasteiger partial charge in [0.2, 0.25) is 0 Å². The number of aryl methyl sites for hydroxylation is 1. The molecule has 10 heteroatoms. The Morgan fingerprint density at radius 1 is 1.29 bits per heavy atom. The van der Waals surface area contributed by atoms with Gasteiger partial charge in [0, 0.05) is 17.1 Å². The second-order valence-corrected chi connectivity index (χ2v) is 6.83. The number of halogens is 5. The first-order valence-corrected chi connectivity index (χ1v) is 7.86. The summed E-state index contributed by atoms with van der Waals surface area (Å²) in [5.41, 5.74) is -4.77. The predicted molar refractivity (Wildman–Crippen MR) is 74.8 cm³/mol. The smallest absolute Gasteiger partial charge is 0.375 e. The van der Waals surface area contributed by atoms with E-state index in [9.17, 15) is 21.6 Å². The molecule has 2 rings (SSSR count). The van der Waals surface area contributed by atoms with E-state index >= 15 is 0 Å². The number of aromatic nitrogens is 1. The van der Waals surface area contributed by atoms with Gasteiger partial charge in [-0.2, -0.15) is 21.6 Å². The maximum absolute atomic E-state index is 12.3. The van der Waals surface area contributed by atoms with Crippen LogP contribution in [0.2, 0.25) is 5.02 Å². The summed E-state index contributed by atoms with van der Waals surface area (Å²) in [6, 6.07) is 3.98. The Balaban J connectivity index is 2.59. The second-order valence-electron chi connectivity index (χ2n) is 4.03. The van der Waals surface area contributed by atoms with Gasteiger partial charge in [0.1, 0.15) is 0 Å². The van der Waals surface area contributed by atoms with E-state index in [-0.39, 0.29) is 9.99 Å². The van der Waals surface area contributed by atoms with E-state index in [1.165, 1.54) is 6.07 Å². The number of fused-ring (bicyclic) bond motifs is 1. The zero-order valence-corrected chi connectivity index (χ0v) is 13.4. The first-order valence-electron chi connectivity index (χ1n) is 5.28. The average Bonchev–Trinajstić information content (AvgIpc) is 2.29. The van der Waals surface area contributed by atoms with Crippen LogP contribution in [0.5, 0.6) is 5.75 Å². The summed E-state index contributed by atoms with van der Waals surface area (Å²) >= 11 is 8.94. The first-order chi connectivity index (χ1) is 9.51. The topological polar surface area (TPSA) is 56.3 Å². The van der Waals surface area contributed by atoms with Crippen LogP contribution in [-0.4, -0.2) is 18.9 Å². The summed E-state index contributed by atoms with van der Waals surface area (Å²) in [5, 5.41) is 0.786. The molecule has 0 unspecified atom stereocenters. The van der Waals surface area contributed by atoms with Crippen molar-refractivity contribution in [1.82, 2.24) is 4.98 Å². The maximum atomic E-state index is 12.3. The van der Waals surface area contributed by atoms with Crippen LogP contribution in [0.4, 0.5) is 13.2 Å². The van der Waals surface area contributed by atoms with E-state index in [1.807, 2.05) is 0 Å². The van der Waals surface area contributed by atoms with Crippen molar-refractivity contribution < 1.29 is 25.8 Å². The molecule has 21 heavy (non-hydrogen) atoms. The molecule has 0 aliphatic heterocycles. The molecule has 0 saturated heterocycles. The van der Waals surface area contributed by atoms with Crippen molar-refractivity contribution in [3.05, 3.63) is 33.4 Å². The summed E-state index contributed by atoms with van der Waals surface area (Å²) in [6.07, 6.45) is 0. The minimum absolute atomic E-state index is 0.00961. The Morgan fingerprint density at radius 3 is 2.48 bits per heavy atom. The van der Waals surface area contributed by atoms with Gasteiger partial charge in [0.15, 0.2) is 5.75 Å². The third kappa shape index (κ3) is 3.24. The summed E-state index contributed by atoms with van der Waals surface area (Å²) in [5.74, 6) is -0.519. The van der Waals surface area contributed by atoms with Gasteiger partial charge in [-0.25, -0.2) is 0 Å². The van der Waals surface area contributed by atoms with Gasteiger partial charge >= 0.3 is 15.6 Å². The van der Waals surface area contributed by atoms with Gasteiger partial charge in [-0.3, -0.25) is 4.98 Å². The summed E-state index contributed by atoms with van der Waals surface area (Å²) in [6.45, 7) is 1.64. The normalized spacial score (nSPS) is 12.7. The van der Waals surface area contributed by atoms with Crippen molar-refractivity contribution in [3.63, 3.8) is 0 Å². The number of rotatable bonds is 2. The molecule has 0 fully saturated rings. The molecule has 0 aliphatic rings. The molecule has 1 heterocycles. The molecule has 0 amide bonds. The predicted octanol–water partition coefficient (Wildman–Crippen LogP) is 4.19. The van der Waals surface area contributed by atoms with Crippen LogP contribution >= 0.6 is 27.5 Å². The molecule has 1 aromatic carbocycles. The fraction of sp³-hybridized carbons (Fsp3) is 0.182. The van der Waals surface area contributed by atoms with E-state index in [4.69, 9.17) is 11.6 Å². The van der Waals surface area contributed by atoms with Crippen molar-refractivity contribution in [2.45, 2.75) is 12.4 Å². The number of hydrogen-bond acceptors (Lipinski definition) is 4. The zero-order chi connectivity index (χ0) is 16.0. The van der Waals surface area contributed by atoms with Crippen molar-refractivity contribution in [2.24, 2.45) is 0 Å². The van der Waals surface area contributed by atoms with E-state index < -0.39 is 21.4 Å². The van der Waals surface area contributed by atoms with E-state index in [0.29, 0.717) is 16.1 Å². The van der Waals surface area contributed by atoms with Gasteiger partial charge in [0.05, 0.1) is 15.0 Å². The van der Waals surface area contributed by atoms with Crippen LogP contribution in [0.25, 0.3) is 10.9 Å². The van der Waals surface area contributed by atoms with Gasteiger partial charge in [0.25, 0.3) is 0 Å². The molecule has 4 nitrogen and oxygen atoms in total. The van der Waals surface area contributed by atoms with Gasteiger partial charge in [-0.15, -0.1) is 0 Å². The van der Waals surface area contributed by atoms with Crippen LogP contribution in [0.15, 0.2) is 22.7 Å². The molecule has 2 aromatic rings. The van der Waals surface area contributed by atoms with Gasteiger partial charge < -0.3 is 4.18 Å². The molecule has 1 aromatic heterocycles. The van der Waals surface area contributed by atoms with Crippen LogP contribution in [-0.2, 0) is 10.1 Å². The highest BCUT2D eigenvalue weighted by atomic mass is 79.9. The number of benzene rings is 1. The van der Waals surface area contributed by atoms with Crippen LogP contribution in [0.1, 0.15) is 5.69 Å². The molecule has 0 saturated carbocycles. The molecule has 0 N–H and O–H groups in total. The minimum Gasteiger partial charge on any atom is -0.375 e. The fourth-order valence-corrected chi connectivity index (χ4v) is 2.85. The standard InChI is InChI=1S/C11H6BrClF3NO3S/c1-5-2-8(13)6-3-7(12)10(4-9(6)17-5)20-21(18,19)11(14,15)16/h2-4H,1H3. The number of nitrogens with zero attached hydrogens (tertiary/aromatic N) is 1. The lowest BCUT2D eigenvalue weighted by Gasteiger charge is -2.12. The minimum atomic E-state index is -5.75. The summed E-state index contributed by atoms with van der Waals surface area (Å²) in [4.78, 5) is 4.07. The zero-order valence-electron chi connectivity index (χ0n) is 10.2. The quantitative estimate of drug-likeness (QED) is 0.556. The van der Waals surface area contributed by atoms with E-state index in [0.717, 1.165) is 6.07 Å². The fourth-order valence-electron chi connectivity index (χ4n) is 1.54. The second kappa shape index (κ2) is 5.29. The Labute approximate surface area is 131 Å². The maximum Gasteiger partial charge on any atom is 0.534 e. The summed E-state index contributed by atoms with van der Waals surface area (Å²) in [7, 11) is -5.75. The molecule has 0 radical (unpaired) electrons. The lowest BCUT2D eigenvalue weighted by atomic mass is 10.2. The van der Waals surface area contributed by atoms with E-state index in [2.05, 4.69) is 25.1 Å². The van der Waals surface area contributed by atoms with Crippen LogP contribution in [0, 0.1) is 6.92 Å². The third-order valence-electron chi connectivity index (χ3n) is 2.42. The molecular weight excluding hydrogens is 399 g/mol. The number of hydrogen-bond donors (Lipinski definition) is 0. The van der Waals surface area contributed by atoms with Crippen molar-refractivity contribution in [2.75, 3.05) is 0 Å². The van der Waals surface area contributed by atoms with Crippen molar-refractivity contribution in [1.29, 1.82) is 0 Å². The Hall–Kier alpha value is -1.06. The highest BCUT2D eigenvalue weighted by molar-refractivity contribution is 9.10. The molecule has 114 valence electrons. The van der Waals surface area contributed by atoms with E-state index in [1.54, 1.807) is 13.0 Å². The highest BCUT2D eigenvalue weighted by Crippen LogP contribution is 2.36. The van der Waals surface area contributed by atoms with Crippen molar-refractivity contribution in [3.8, 4) is 5.75 Å². The number of pyridine rings is 1. The Kier molecular flexibility index (Phi) is 4.11. The summed E-state index contributed by atoms with van der Waals surface area (Å²) < 4.78 is 63.2. The van der Waals surface area contributed by atoms with Gasteiger partial charge in [-0.05, 0) is 35.0 Å². The molecule has 0 bridgehead atoms. The first kappa shape index (κ1) is 16.3. The largest absolute Gasteiger partial charge is 0.534 e. The molecule has 0 atom stereocenters. The van der Waals surface area contributed by atoms with Crippen LogP contribution < -0.4 is 4.18 Å². The highest BCUT2D eigenvalue weighted by Gasteiger charge is 2.48. The SMILES string of the molecule is Cc1cc(Cl)c2cc(Br)c(OS(=O)(=O)C(F)(F)F)cc2n1. The Bertz CT molecular complexity index is 824. The number of alkyl halides is 3. The Morgan fingerprint density at radius 2 is 1.90 bits per heavy atom. The van der Waals surface area contributed by atoms with Crippen LogP contribution in [0.3, 0.4) is 0 Å².